The van der Waals surface area contributed by atoms with Crippen LogP contribution in [0.5, 0.6) is 0 Å². The van der Waals surface area contributed by atoms with Gasteiger partial charge in [0.2, 0.25) is 5.76 Å². The van der Waals surface area contributed by atoms with Gasteiger partial charge in [0.1, 0.15) is 0 Å². The minimum Gasteiger partial charge on any atom is -0.351 e. The highest BCUT2D eigenvalue weighted by atomic mass is 16.5. The Kier molecular flexibility index (Phi) is 3.51. The van der Waals surface area contributed by atoms with Crippen molar-refractivity contribution in [2.24, 2.45) is 5.11 Å². The van der Waals surface area contributed by atoms with E-state index in [0.29, 0.717) is 5.69 Å². The molecule has 74 valence electrons. The van der Waals surface area contributed by atoms with Gasteiger partial charge in [0, 0.05) is 24.1 Å². The first-order chi connectivity index (χ1) is 6.74. The van der Waals surface area contributed by atoms with Gasteiger partial charge in [-0.25, -0.2) is 0 Å². The summed E-state index contributed by atoms with van der Waals surface area (Å²) in [5.74, 6) is -0.206. The molecule has 1 rings (SSSR count). The maximum Gasteiger partial charge on any atom is 0.289 e. The molecule has 0 aliphatic carbocycles. The van der Waals surface area contributed by atoms with Gasteiger partial charge < -0.3 is 9.84 Å². The van der Waals surface area contributed by atoms with Gasteiger partial charge in [0.05, 0.1) is 5.69 Å². The molecule has 0 aliphatic heterocycles. The molecule has 7 nitrogen and oxygen atoms in total. The van der Waals surface area contributed by atoms with E-state index in [-0.39, 0.29) is 24.8 Å². The van der Waals surface area contributed by atoms with Crippen molar-refractivity contribution in [3.63, 3.8) is 0 Å². The standard InChI is InChI=1S/C7H9N5O2/c1-5-4-6(14-11-5)7(13)9-2-3-10-12-8/h4H,2-3H2,1H3,(H,9,13). The van der Waals surface area contributed by atoms with E-state index in [1.165, 1.54) is 6.07 Å². The third-order valence-corrected chi connectivity index (χ3v) is 1.41. The van der Waals surface area contributed by atoms with Gasteiger partial charge in [-0.1, -0.05) is 10.3 Å². The summed E-state index contributed by atoms with van der Waals surface area (Å²) in [5, 5.41) is 9.34. The number of nitrogens with one attached hydrogen (secondary N) is 1. The molecule has 1 aromatic rings. The first-order valence-corrected chi connectivity index (χ1v) is 3.96. The Morgan fingerprint density at radius 1 is 1.86 bits per heavy atom. The molecule has 1 N–H and O–H groups in total. The minimum absolute atomic E-state index is 0.156. The van der Waals surface area contributed by atoms with E-state index >= 15 is 0 Å². The summed E-state index contributed by atoms with van der Waals surface area (Å²) in [6.45, 7) is 2.22. The van der Waals surface area contributed by atoms with E-state index in [0.717, 1.165) is 0 Å². The number of hydrogen-bond donors (Lipinski definition) is 1. The summed E-state index contributed by atoms with van der Waals surface area (Å²) >= 11 is 0. The molecule has 0 saturated heterocycles. The Bertz CT molecular complexity index is 366. The number of azide groups is 1. The zero-order valence-electron chi connectivity index (χ0n) is 7.60. The molecule has 0 fully saturated rings. The highest BCUT2D eigenvalue weighted by molar-refractivity contribution is 5.91. The third-order valence-electron chi connectivity index (χ3n) is 1.41. The van der Waals surface area contributed by atoms with Gasteiger partial charge in [-0.15, -0.1) is 0 Å². The Labute approximate surface area is 79.7 Å². The Morgan fingerprint density at radius 3 is 3.21 bits per heavy atom. The lowest BCUT2D eigenvalue weighted by atomic mass is 10.3. The first kappa shape index (κ1) is 10.1. The largest absolute Gasteiger partial charge is 0.351 e. The van der Waals surface area contributed by atoms with E-state index in [1.807, 2.05) is 0 Å². The molecule has 7 heteroatoms. The summed E-state index contributed by atoms with van der Waals surface area (Å²) < 4.78 is 4.72. The fourth-order valence-corrected chi connectivity index (χ4v) is 0.822. The van der Waals surface area contributed by atoms with Crippen LogP contribution in [0.15, 0.2) is 15.7 Å². The number of rotatable bonds is 4. The predicted octanol–water partition coefficient (Wildman–Crippen LogP) is 1.02. The molecule has 14 heavy (non-hydrogen) atoms. The fraction of sp³-hybridized carbons (Fsp3) is 0.429. The van der Waals surface area contributed by atoms with Crippen molar-refractivity contribution in [3.05, 3.63) is 28.0 Å². The van der Waals surface area contributed by atoms with Gasteiger partial charge in [-0.2, -0.15) is 0 Å². The SMILES string of the molecule is Cc1cc(C(=O)NCCN=[N+]=[N-])on1. The zero-order chi connectivity index (χ0) is 10.4. The van der Waals surface area contributed by atoms with Crippen LogP contribution in [0.4, 0.5) is 0 Å². The van der Waals surface area contributed by atoms with Crippen LogP contribution in [0.25, 0.3) is 10.4 Å². The second kappa shape index (κ2) is 4.88. The van der Waals surface area contributed by atoms with Crippen molar-refractivity contribution in [3.8, 4) is 0 Å². The quantitative estimate of drug-likeness (QED) is 0.335. The van der Waals surface area contributed by atoms with Gasteiger partial charge in [0.25, 0.3) is 5.91 Å². The smallest absolute Gasteiger partial charge is 0.289 e. The molecule has 1 heterocycles. The molecule has 0 aliphatic rings. The molecule has 0 saturated carbocycles. The molecule has 1 aromatic heterocycles. The number of nitrogens with zero attached hydrogens (tertiary/aromatic N) is 4. The lowest BCUT2D eigenvalue weighted by Crippen LogP contribution is -2.25. The number of hydrogen-bond acceptors (Lipinski definition) is 4. The molecule has 0 aromatic carbocycles. The van der Waals surface area contributed by atoms with Crippen LogP contribution in [0, 0.1) is 6.92 Å². The van der Waals surface area contributed by atoms with Crippen molar-refractivity contribution < 1.29 is 9.32 Å². The summed E-state index contributed by atoms with van der Waals surface area (Å²) in [6.07, 6.45) is 0. The molecular weight excluding hydrogens is 186 g/mol. The van der Waals surface area contributed by atoms with Crippen LogP contribution in [0.2, 0.25) is 0 Å². The predicted molar refractivity (Wildman–Crippen MR) is 47.6 cm³/mol. The average Bonchev–Trinajstić information content (AvgIpc) is 2.59. The minimum atomic E-state index is -0.362. The average molecular weight is 195 g/mol. The van der Waals surface area contributed by atoms with E-state index < -0.39 is 0 Å². The maximum atomic E-state index is 11.2. The zero-order valence-corrected chi connectivity index (χ0v) is 7.60. The van der Waals surface area contributed by atoms with E-state index in [2.05, 4.69) is 20.5 Å². The molecule has 0 bridgehead atoms. The number of aromatic nitrogens is 1. The number of aryl methyl sites for hydroxylation is 1. The second-order valence-electron chi connectivity index (χ2n) is 2.54. The highest BCUT2D eigenvalue weighted by Crippen LogP contribution is 2.00. The Balaban J connectivity index is 2.39. The van der Waals surface area contributed by atoms with Crippen LogP contribution in [-0.4, -0.2) is 24.2 Å². The summed E-state index contributed by atoms with van der Waals surface area (Å²) in [4.78, 5) is 13.8. The summed E-state index contributed by atoms with van der Waals surface area (Å²) in [5.41, 5.74) is 8.61. The van der Waals surface area contributed by atoms with Crippen molar-refractivity contribution >= 4 is 5.91 Å². The molecule has 1 amide bonds. The monoisotopic (exact) mass is 195 g/mol. The number of carbonyl (C=O) groups excluding carboxylic acids is 1. The summed E-state index contributed by atoms with van der Waals surface area (Å²) in [6, 6.07) is 1.53. The van der Waals surface area contributed by atoms with Crippen LogP contribution in [0.1, 0.15) is 16.2 Å². The Hall–Kier alpha value is -2.01. The third kappa shape index (κ3) is 2.80. The lowest BCUT2D eigenvalue weighted by Gasteiger charge is -1.97. The molecule has 0 atom stereocenters. The van der Waals surface area contributed by atoms with Crippen LogP contribution >= 0.6 is 0 Å². The van der Waals surface area contributed by atoms with Gasteiger partial charge in [-0.3, -0.25) is 4.79 Å². The van der Waals surface area contributed by atoms with Gasteiger partial charge >= 0.3 is 0 Å². The van der Waals surface area contributed by atoms with Crippen molar-refractivity contribution in [2.45, 2.75) is 6.92 Å². The van der Waals surface area contributed by atoms with E-state index in [4.69, 9.17) is 10.1 Å². The van der Waals surface area contributed by atoms with Crippen LogP contribution in [0.3, 0.4) is 0 Å². The van der Waals surface area contributed by atoms with Crippen molar-refractivity contribution in [2.75, 3.05) is 13.1 Å². The van der Waals surface area contributed by atoms with Crippen LogP contribution in [-0.2, 0) is 0 Å². The van der Waals surface area contributed by atoms with E-state index in [1.54, 1.807) is 6.92 Å². The van der Waals surface area contributed by atoms with Crippen molar-refractivity contribution in [1.29, 1.82) is 0 Å². The van der Waals surface area contributed by atoms with Gasteiger partial charge in [0.15, 0.2) is 0 Å². The highest BCUT2D eigenvalue weighted by Gasteiger charge is 2.09. The molecule has 0 radical (unpaired) electrons. The number of amides is 1. The number of carbonyl (C=O) groups is 1. The summed E-state index contributed by atoms with van der Waals surface area (Å²) in [7, 11) is 0. The molecule has 0 spiro atoms. The lowest BCUT2D eigenvalue weighted by molar-refractivity contribution is 0.0918. The normalized spacial score (nSPS) is 9.21. The van der Waals surface area contributed by atoms with E-state index in [9.17, 15) is 4.79 Å². The topological polar surface area (TPSA) is 104 Å². The fourth-order valence-electron chi connectivity index (χ4n) is 0.822. The van der Waals surface area contributed by atoms with Gasteiger partial charge in [-0.05, 0) is 12.5 Å². The van der Waals surface area contributed by atoms with Crippen molar-refractivity contribution in [1.82, 2.24) is 10.5 Å². The first-order valence-electron chi connectivity index (χ1n) is 3.96. The molecular formula is C7H9N5O2. The second-order valence-corrected chi connectivity index (χ2v) is 2.54. The van der Waals surface area contributed by atoms with Crippen LogP contribution < -0.4 is 5.32 Å². The Morgan fingerprint density at radius 2 is 2.64 bits per heavy atom. The maximum absolute atomic E-state index is 11.2. The molecule has 0 unspecified atom stereocenters.